The standard InChI is InChI=1S/C16H12Cl2N2O2/c1-10-5-6-13(18)14(7-10)21-9-15-19-20-16(22-15)11-3-2-4-12(17)8-11/h2-8H,9H2,1H3. The molecule has 22 heavy (non-hydrogen) atoms. The second kappa shape index (κ2) is 6.38. The largest absolute Gasteiger partial charge is 0.482 e. The highest BCUT2D eigenvalue weighted by Crippen LogP contribution is 2.26. The molecule has 112 valence electrons. The lowest BCUT2D eigenvalue weighted by Gasteiger charge is -2.06. The molecule has 0 fully saturated rings. The topological polar surface area (TPSA) is 48.2 Å². The molecule has 0 saturated heterocycles. The van der Waals surface area contributed by atoms with Crippen molar-refractivity contribution in [1.29, 1.82) is 0 Å². The fourth-order valence-corrected chi connectivity index (χ4v) is 2.27. The summed E-state index contributed by atoms with van der Waals surface area (Å²) in [5.74, 6) is 1.35. The monoisotopic (exact) mass is 334 g/mol. The molecule has 0 radical (unpaired) electrons. The van der Waals surface area contributed by atoms with E-state index in [2.05, 4.69) is 10.2 Å². The van der Waals surface area contributed by atoms with Crippen LogP contribution in [0.15, 0.2) is 46.9 Å². The van der Waals surface area contributed by atoms with Gasteiger partial charge in [-0.15, -0.1) is 10.2 Å². The second-order valence-electron chi connectivity index (χ2n) is 4.73. The number of nitrogens with zero attached hydrogens (tertiary/aromatic N) is 2. The first-order valence-corrected chi connectivity index (χ1v) is 7.35. The fraction of sp³-hybridized carbons (Fsp3) is 0.125. The quantitative estimate of drug-likeness (QED) is 0.678. The predicted molar refractivity (Wildman–Crippen MR) is 85.3 cm³/mol. The Labute approximate surface area is 137 Å². The maximum atomic E-state index is 6.07. The average molecular weight is 335 g/mol. The van der Waals surface area contributed by atoms with Crippen molar-refractivity contribution in [3.63, 3.8) is 0 Å². The van der Waals surface area contributed by atoms with E-state index in [4.69, 9.17) is 32.4 Å². The van der Waals surface area contributed by atoms with E-state index in [1.807, 2.05) is 31.2 Å². The molecule has 0 amide bonds. The zero-order chi connectivity index (χ0) is 15.5. The van der Waals surface area contributed by atoms with Gasteiger partial charge in [0.1, 0.15) is 5.75 Å². The number of halogens is 2. The molecule has 0 aliphatic heterocycles. The normalized spacial score (nSPS) is 10.7. The highest BCUT2D eigenvalue weighted by Gasteiger charge is 2.10. The minimum absolute atomic E-state index is 0.150. The van der Waals surface area contributed by atoms with Gasteiger partial charge in [0.2, 0.25) is 5.89 Å². The van der Waals surface area contributed by atoms with Gasteiger partial charge in [-0.3, -0.25) is 0 Å². The minimum Gasteiger partial charge on any atom is -0.482 e. The first kappa shape index (κ1) is 14.9. The van der Waals surface area contributed by atoms with Gasteiger partial charge in [0, 0.05) is 10.6 Å². The molecule has 2 aromatic carbocycles. The summed E-state index contributed by atoms with van der Waals surface area (Å²) in [5, 5.41) is 9.11. The molecule has 6 heteroatoms. The third-order valence-electron chi connectivity index (χ3n) is 2.98. The molecule has 0 bridgehead atoms. The molecule has 3 rings (SSSR count). The molecule has 1 aromatic heterocycles. The van der Waals surface area contributed by atoms with Crippen LogP contribution in [0.2, 0.25) is 10.0 Å². The van der Waals surface area contributed by atoms with Crippen LogP contribution in [0.3, 0.4) is 0 Å². The molecule has 0 saturated carbocycles. The van der Waals surface area contributed by atoms with Crippen LogP contribution in [0.25, 0.3) is 11.5 Å². The average Bonchev–Trinajstić information content (AvgIpc) is 2.97. The number of benzene rings is 2. The first-order valence-electron chi connectivity index (χ1n) is 6.59. The van der Waals surface area contributed by atoms with E-state index in [1.165, 1.54) is 0 Å². The fourth-order valence-electron chi connectivity index (χ4n) is 1.91. The van der Waals surface area contributed by atoms with Crippen LogP contribution in [-0.4, -0.2) is 10.2 Å². The third kappa shape index (κ3) is 3.40. The molecule has 0 aliphatic rings. The Kier molecular flexibility index (Phi) is 4.32. The van der Waals surface area contributed by atoms with Gasteiger partial charge in [-0.05, 0) is 42.8 Å². The lowest BCUT2D eigenvalue weighted by atomic mass is 10.2. The smallest absolute Gasteiger partial charge is 0.254 e. The van der Waals surface area contributed by atoms with Crippen LogP contribution in [0.1, 0.15) is 11.5 Å². The Hall–Kier alpha value is -2.04. The summed E-state index contributed by atoms with van der Waals surface area (Å²) < 4.78 is 11.2. The second-order valence-corrected chi connectivity index (χ2v) is 5.58. The van der Waals surface area contributed by atoms with Gasteiger partial charge in [0.25, 0.3) is 5.89 Å². The SMILES string of the molecule is Cc1ccc(Cl)c(OCc2nnc(-c3cccc(Cl)c3)o2)c1. The molecule has 4 nitrogen and oxygen atoms in total. The summed E-state index contributed by atoms with van der Waals surface area (Å²) in [5.41, 5.74) is 1.82. The molecule has 3 aromatic rings. The molecule has 0 N–H and O–H groups in total. The van der Waals surface area contributed by atoms with Gasteiger partial charge in [-0.1, -0.05) is 35.3 Å². The van der Waals surface area contributed by atoms with Crippen LogP contribution in [0.5, 0.6) is 5.75 Å². The van der Waals surface area contributed by atoms with E-state index in [9.17, 15) is 0 Å². The maximum Gasteiger partial charge on any atom is 0.254 e. The van der Waals surface area contributed by atoms with Crippen molar-refractivity contribution in [1.82, 2.24) is 10.2 Å². The predicted octanol–water partition coefficient (Wildman–Crippen LogP) is 4.93. The van der Waals surface area contributed by atoms with E-state index in [0.29, 0.717) is 27.6 Å². The molecule has 0 aliphatic carbocycles. The van der Waals surface area contributed by atoms with Crippen molar-refractivity contribution >= 4 is 23.2 Å². The molecular formula is C16H12Cl2N2O2. The zero-order valence-electron chi connectivity index (χ0n) is 11.7. The van der Waals surface area contributed by atoms with Crippen molar-refractivity contribution in [3.8, 4) is 17.2 Å². The van der Waals surface area contributed by atoms with Crippen LogP contribution >= 0.6 is 23.2 Å². The number of rotatable bonds is 4. The van der Waals surface area contributed by atoms with Gasteiger partial charge in [-0.25, -0.2) is 0 Å². The van der Waals surface area contributed by atoms with Gasteiger partial charge in [0.15, 0.2) is 6.61 Å². The number of aryl methyl sites for hydroxylation is 1. The molecule has 1 heterocycles. The Morgan fingerprint density at radius 2 is 1.95 bits per heavy atom. The van der Waals surface area contributed by atoms with Gasteiger partial charge in [-0.2, -0.15) is 0 Å². The van der Waals surface area contributed by atoms with E-state index in [-0.39, 0.29) is 6.61 Å². The van der Waals surface area contributed by atoms with Crippen molar-refractivity contribution < 1.29 is 9.15 Å². The zero-order valence-corrected chi connectivity index (χ0v) is 13.2. The number of hydrogen-bond acceptors (Lipinski definition) is 4. The van der Waals surface area contributed by atoms with E-state index in [0.717, 1.165) is 11.1 Å². The third-order valence-corrected chi connectivity index (χ3v) is 3.52. The Morgan fingerprint density at radius 3 is 2.77 bits per heavy atom. The first-order chi connectivity index (χ1) is 10.6. The number of ether oxygens (including phenoxy) is 1. The summed E-state index contributed by atoms with van der Waals surface area (Å²) >= 11 is 12.0. The van der Waals surface area contributed by atoms with Crippen molar-refractivity contribution in [2.24, 2.45) is 0 Å². The lowest BCUT2D eigenvalue weighted by Crippen LogP contribution is -1.96. The summed E-state index contributed by atoms with van der Waals surface area (Å²) in [7, 11) is 0. The van der Waals surface area contributed by atoms with Crippen LogP contribution in [0, 0.1) is 6.92 Å². The Morgan fingerprint density at radius 1 is 1.09 bits per heavy atom. The summed E-state index contributed by atoms with van der Waals surface area (Å²) in [6.45, 7) is 2.11. The number of hydrogen-bond donors (Lipinski definition) is 0. The summed E-state index contributed by atoms with van der Waals surface area (Å²) in [6, 6.07) is 12.8. The highest BCUT2D eigenvalue weighted by atomic mass is 35.5. The van der Waals surface area contributed by atoms with Crippen molar-refractivity contribution in [2.75, 3.05) is 0 Å². The summed E-state index contributed by atoms with van der Waals surface area (Å²) in [4.78, 5) is 0. The number of aromatic nitrogens is 2. The van der Waals surface area contributed by atoms with Gasteiger partial charge in [0.05, 0.1) is 5.02 Å². The minimum atomic E-state index is 0.150. The molecule has 0 atom stereocenters. The molecule has 0 spiro atoms. The van der Waals surface area contributed by atoms with Crippen LogP contribution < -0.4 is 4.74 Å². The molecule has 0 unspecified atom stereocenters. The van der Waals surface area contributed by atoms with E-state index in [1.54, 1.807) is 18.2 Å². The van der Waals surface area contributed by atoms with E-state index < -0.39 is 0 Å². The lowest BCUT2D eigenvalue weighted by molar-refractivity contribution is 0.264. The van der Waals surface area contributed by atoms with Crippen LogP contribution in [0.4, 0.5) is 0 Å². The molecular weight excluding hydrogens is 323 g/mol. The highest BCUT2D eigenvalue weighted by molar-refractivity contribution is 6.32. The van der Waals surface area contributed by atoms with Crippen molar-refractivity contribution in [2.45, 2.75) is 13.5 Å². The van der Waals surface area contributed by atoms with E-state index >= 15 is 0 Å². The van der Waals surface area contributed by atoms with Crippen LogP contribution in [-0.2, 0) is 6.61 Å². The Balaban J connectivity index is 1.73. The van der Waals surface area contributed by atoms with Gasteiger partial charge < -0.3 is 9.15 Å². The Bertz CT molecular complexity index is 802. The van der Waals surface area contributed by atoms with Gasteiger partial charge >= 0.3 is 0 Å². The van der Waals surface area contributed by atoms with Crippen molar-refractivity contribution in [3.05, 3.63) is 64.0 Å². The summed E-state index contributed by atoms with van der Waals surface area (Å²) in [6.07, 6.45) is 0. The maximum absolute atomic E-state index is 6.07.